The molecule has 0 atom stereocenters. The lowest BCUT2D eigenvalue weighted by atomic mass is 9.63. The van der Waals surface area contributed by atoms with E-state index in [4.69, 9.17) is 0 Å². The molecular formula is C11H17NO. The SMILES string of the molecule is C=CC(=O)N1CCC2(CCC2)CC1. The molecule has 13 heavy (non-hydrogen) atoms. The van der Waals surface area contributed by atoms with Crippen LogP contribution in [0.25, 0.3) is 0 Å². The van der Waals surface area contributed by atoms with E-state index in [1.54, 1.807) is 0 Å². The van der Waals surface area contributed by atoms with Crippen molar-refractivity contribution < 1.29 is 4.79 Å². The maximum absolute atomic E-state index is 11.3. The number of amides is 1. The standard InChI is InChI=1S/C11H17NO/c1-2-10(13)12-8-6-11(7-9-12)4-3-5-11/h2H,1,3-9H2. The van der Waals surface area contributed by atoms with E-state index >= 15 is 0 Å². The fraction of sp³-hybridized carbons (Fsp3) is 0.727. The van der Waals surface area contributed by atoms with Gasteiger partial charge in [0.15, 0.2) is 0 Å². The summed E-state index contributed by atoms with van der Waals surface area (Å²) in [5, 5.41) is 0. The van der Waals surface area contributed by atoms with Crippen LogP contribution in [0, 0.1) is 5.41 Å². The second-order valence-corrected chi connectivity index (χ2v) is 4.38. The molecule has 72 valence electrons. The van der Waals surface area contributed by atoms with Gasteiger partial charge >= 0.3 is 0 Å². The molecule has 2 heteroatoms. The van der Waals surface area contributed by atoms with E-state index in [1.165, 1.54) is 38.2 Å². The van der Waals surface area contributed by atoms with Crippen molar-refractivity contribution in [2.45, 2.75) is 32.1 Å². The number of rotatable bonds is 1. The van der Waals surface area contributed by atoms with Gasteiger partial charge in [0.1, 0.15) is 0 Å². The molecule has 0 aromatic rings. The van der Waals surface area contributed by atoms with Gasteiger partial charge in [-0.15, -0.1) is 0 Å². The molecule has 1 amide bonds. The van der Waals surface area contributed by atoms with Gasteiger partial charge in [-0.2, -0.15) is 0 Å². The number of hydrogen-bond donors (Lipinski definition) is 0. The molecular weight excluding hydrogens is 162 g/mol. The van der Waals surface area contributed by atoms with E-state index in [-0.39, 0.29) is 5.91 Å². The Morgan fingerprint density at radius 3 is 2.23 bits per heavy atom. The number of hydrogen-bond acceptors (Lipinski definition) is 1. The second-order valence-electron chi connectivity index (χ2n) is 4.38. The summed E-state index contributed by atoms with van der Waals surface area (Å²) in [5.41, 5.74) is 0.637. The van der Waals surface area contributed by atoms with Gasteiger partial charge in [0, 0.05) is 13.1 Å². The lowest BCUT2D eigenvalue weighted by molar-refractivity contribution is -0.129. The smallest absolute Gasteiger partial charge is 0.245 e. The Kier molecular flexibility index (Phi) is 2.14. The summed E-state index contributed by atoms with van der Waals surface area (Å²) in [4.78, 5) is 13.2. The minimum Gasteiger partial charge on any atom is -0.339 e. The molecule has 0 aromatic heterocycles. The Morgan fingerprint density at radius 2 is 1.85 bits per heavy atom. The van der Waals surface area contributed by atoms with Crippen LogP contribution in [-0.2, 0) is 4.79 Å². The third-order valence-electron chi connectivity index (χ3n) is 3.72. The van der Waals surface area contributed by atoms with E-state index < -0.39 is 0 Å². The molecule has 2 nitrogen and oxygen atoms in total. The third-order valence-corrected chi connectivity index (χ3v) is 3.72. The molecule has 0 radical (unpaired) electrons. The van der Waals surface area contributed by atoms with Crippen molar-refractivity contribution in [1.29, 1.82) is 0 Å². The van der Waals surface area contributed by atoms with Crippen molar-refractivity contribution in [3.63, 3.8) is 0 Å². The van der Waals surface area contributed by atoms with Gasteiger partial charge < -0.3 is 4.90 Å². The zero-order valence-electron chi connectivity index (χ0n) is 8.09. The summed E-state index contributed by atoms with van der Waals surface area (Å²) in [6.45, 7) is 5.41. The first-order valence-corrected chi connectivity index (χ1v) is 5.17. The summed E-state index contributed by atoms with van der Waals surface area (Å²) in [6.07, 6.45) is 8.04. The first-order chi connectivity index (χ1) is 6.26. The van der Waals surface area contributed by atoms with Crippen LogP contribution >= 0.6 is 0 Å². The molecule has 1 saturated heterocycles. The number of carbonyl (C=O) groups is 1. The van der Waals surface area contributed by atoms with Crippen molar-refractivity contribution in [1.82, 2.24) is 4.90 Å². The average Bonchev–Trinajstić information content (AvgIpc) is 2.14. The summed E-state index contributed by atoms with van der Waals surface area (Å²) in [6, 6.07) is 0. The fourth-order valence-corrected chi connectivity index (χ4v) is 2.51. The van der Waals surface area contributed by atoms with E-state index in [1.807, 2.05) is 4.90 Å². The zero-order valence-corrected chi connectivity index (χ0v) is 8.09. The summed E-state index contributed by atoms with van der Waals surface area (Å²) in [7, 11) is 0. The quantitative estimate of drug-likeness (QED) is 0.563. The summed E-state index contributed by atoms with van der Waals surface area (Å²) in [5.74, 6) is 0.106. The molecule has 0 aromatic carbocycles. The number of likely N-dealkylation sites (tertiary alicyclic amines) is 1. The van der Waals surface area contributed by atoms with Crippen molar-refractivity contribution in [3.8, 4) is 0 Å². The molecule has 0 unspecified atom stereocenters. The van der Waals surface area contributed by atoms with E-state index in [9.17, 15) is 4.79 Å². The second kappa shape index (κ2) is 3.17. The Labute approximate surface area is 79.6 Å². The van der Waals surface area contributed by atoms with Crippen molar-refractivity contribution in [3.05, 3.63) is 12.7 Å². The third kappa shape index (κ3) is 1.50. The van der Waals surface area contributed by atoms with Gasteiger partial charge in [-0.3, -0.25) is 4.79 Å². The monoisotopic (exact) mass is 179 g/mol. The molecule has 0 bridgehead atoms. The Hall–Kier alpha value is -0.790. The van der Waals surface area contributed by atoms with Crippen LogP contribution in [0.4, 0.5) is 0 Å². The van der Waals surface area contributed by atoms with Crippen LogP contribution < -0.4 is 0 Å². The largest absolute Gasteiger partial charge is 0.339 e. The van der Waals surface area contributed by atoms with Crippen LogP contribution in [0.15, 0.2) is 12.7 Å². The highest BCUT2D eigenvalue weighted by Gasteiger charge is 2.39. The zero-order chi connectivity index (χ0) is 9.31. The topological polar surface area (TPSA) is 20.3 Å². The van der Waals surface area contributed by atoms with Crippen LogP contribution in [0.1, 0.15) is 32.1 Å². The van der Waals surface area contributed by atoms with Crippen LogP contribution in [0.5, 0.6) is 0 Å². The maximum atomic E-state index is 11.3. The van der Waals surface area contributed by atoms with E-state index in [0.717, 1.165) is 13.1 Å². The van der Waals surface area contributed by atoms with E-state index in [2.05, 4.69) is 6.58 Å². The van der Waals surface area contributed by atoms with Gasteiger partial charge in [0.2, 0.25) is 5.91 Å². The number of nitrogens with zero attached hydrogens (tertiary/aromatic N) is 1. The highest BCUT2D eigenvalue weighted by molar-refractivity contribution is 5.87. The number of piperidine rings is 1. The van der Waals surface area contributed by atoms with Crippen molar-refractivity contribution >= 4 is 5.91 Å². The van der Waals surface area contributed by atoms with Gasteiger partial charge in [-0.25, -0.2) is 0 Å². The molecule has 2 rings (SSSR count). The molecule has 2 fully saturated rings. The Bertz CT molecular complexity index is 220. The lowest BCUT2D eigenvalue weighted by Crippen LogP contribution is -2.45. The molecule has 0 N–H and O–H groups in total. The van der Waals surface area contributed by atoms with Crippen molar-refractivity contribution in [2.24, 2.45) is 5.41 Å². The summed E-state index contributed by atoms with van der Waals surface area (Å²) >= 11 is 0. The Balaban J connectivity index is 1.88. The van der Waals surface area contributed by atoms with E-state index in [0.29, 0.717) is 5.41 Å². The van der Waals surface area contributed by atoms with Gasteiger partial charge in [0.05, 0.1) is 0 Å². The molecule has 1 aliphatic heterocycles. The molecule has 1 spiro atoms. The van der Waals surface area contributed by atoms with Gasteiger partial charge in [-0.05, 0) is 37.2 Å². The highest BCUT2D eigenvalue weighted by Crippen LogP contribution is 2.48. The minimum atomic E-state index is 0.106. The predicted octanol–water partition coefficient (Wildman–Crippen LogP) is 1.97. The maximum Gasteiger partial charge on any atom is 0.245 e. The molecule has 1 saturated carbocycles. The van der Waals surface area contributed by atoms with Crippen LogP contribution in [0.3, 0.4) is 0 Å². The molecule has 1 heterocycles. The normalized spacial score (nSPS) is 25.4. The van der Waals surface area contributed by atoms with Crippen LogP contribution in [0.2, 0.25) is 0 Å². The first kappa shape index (κ1) is 8.79. The van der Waals surface area contributed by atoms with Gasteiger partial charge in [-0.1, -0.05) is 13.0 Å². The molecule has 2 aliphatic rings. The number of carbonyl (C=O) groups excluding carboxylic acids is 1. The lowest BCUT2D eigenvalue weighted by Gasteiger charge is -2.47. The predicted molar refractivity (Wildman–Crippen MR) is 52.3 cm³/mol. The minimum absolute atomic E-state index is 0.106. The average molecular weight is 179 g/mol. The fourth-order valence-electron chi connectivity index (χ4n) is 2.51. The highest BCUT2D eigenvalue weighted by atomic mass is 16.2. The summed E-state index contributed by atoms with van der Waals surface area (Å²) < 4.78 is 0. The van der Waals surface area contributed by atoms with Crippen molar-refractivity contribution in [2.75, 3.05) is 13.1 Å². The molecule has 1 aliphatic carbocycles. The Morgan fingerprint density at radius 1 is 1.23 bits per heavy atom. The van der Waals surface area contributed by atoms with Gasteiger partial charge in [0.25, 0.3) is 0 Å². The van der Waals surface area contributed by atoms with Crippen LogP contribution in [-0.4, -0.2) is 23.9 Å². The first-order valence-electron chi connectivity index (χ1n) is 5.17.